The van der Waals surface area contributed by atoms with Gasteiger partial charge in [-0.25, -0.2) is 4.98 Å². The first kappa shape index (κ1) is 18.1. The smallest absolute Gasteiger partial charge is 0.265 e. The van der Waals surface area contributed by atoms with Gasteiger partial charge in [-0.2, -0.15) is 0 Å². The van der Waals surface area contributed by atoms with Gasteiger partial charge >= 0.3 is 0 Å². The maximum Gasteiger partial charge on any atom is 0.265 e. The van der Waals surface area contributed by atoms with Crippen LogP contribution in [0.2, 0.25) is 0 Å². The average Bonchev–Trinajstić information content (AvgIpc) is 3.03. The van der Waals surface area contributed by atoms with Gasteiger partial charge in [0, 0.05) is 13.1 Å². The summed E-state index contributed by atoms with van der Waals surface area (Å²) in [4.78, 5) is 20.0. The molecule has 1 aromatic heterocycles. The van der Waals surface area contributed by atoms with E-state index in [1.807, 2.05) is 36.9 Å². The van der Waals surface area contributed by atoms with Crippen LogP contribution in [0.5, 0.6) is 0 Å². The predicted molar refractivity (Wildman–Crippen MR) is 101 cm³/mol. The molecule has 1 aliphatic heterocycles. The van der Waals surface area contributed by atoms with E-state index in [1.54, 1.807) is 0 Å². The molecule has 4 nitrogen and oxygen atoms in total. The maximum absolute atomic E-state index is 12.8. The molecule has 25 heavy (non-hydrogen) atoms. The van der Waals surface area contributed by atoms with Crippen LogP contribution in [0.3, 0.4) is 0 Å². The Balaban J connectivity index is 1.57. The molecular formula is C20H26N2O2S. The fourth-order valence-electron chi connectivity index (χ4n) is 3.53. The van der Waals surface area contributed by atoms with Crippen molar-refractivity contribution in [2.75, 3.05) is 13.1 Å². The van der Waals surface area contributed by atoms with Gasteiger partial charge in [0.2, 0.25) is 0 Å². The fraction of sp³-hybridized carbons (Fsp3) is 0.500. The largest absolute Gasteiger partial charge is 0.392 e. The molecule has 2 aromatic rings. The molecule has 1 N–H and O–H groups in total. The molecule has 134 valence electrons. The Bertz CT molecular complexity index is 706. The lowest BCUT2D eigenvalue weighted by Crippen LogP contribution is -2.41. The highest BCUT2D eigenvalue weighted by Gasteiger charge is 2.29. The SMILES string of the molecule is CCc1nc(C)sc1C(=O)N1CCC(C(O)Cc2ccccc2)CC1. The molecule has 1 aromatic carbocycles. The molecule has 2 heterocycles. The van der Waals surface area contributed by atoms with Crippen LogP contribution in [0.15, 0.2) is 30.3 Å². The van der Waals surface area contributed by atoms with Crippen molar-refractivity contribution >= 4 is 17.2 Å². The Kier molecular flexibility index (Phi) is 5.86. The number of rotatable bonds is 5. The Hall–Kier alpha value is -1.72. The second-order valence-corrected chi connectivity index (χ2v) is 7.95. The quantitative estimate of drug-likeness (QED) is 0.890. The minimum absolute atomic E-state index is 0.110. The van der Waals surface area contributed by atoms with Gasteiger partial charge in [0.15, 0.2) is 0 Å². The third kappa shape index (κ3) is 4.28. The van der Waals surface area contributed by atoms with E-state index in [2.05, 4.69) is 17.1 Å². The molecule has 1 atom stereocenters. The number of aliphatic hydroxyl groups excluding tert-OH is 1. The first-order chi connectivity index (χ1) is 12.1. The number of carbonyl (C=O) groups is 1. The van der Waals surface area contributed by atoms with E-state index < -0.39 is 0 Å². The average molecular weight is 359 g/mol. The molecule has 1 fully saturated rings. The van der Waals surface area contributed by atoms with E-state index in [-0.39, 0.29) is 17.9 Å². The van der Waals surface area contributed by atoms with Crippen molar-refractivity contribution in [3.63, 3.8) is 0 Å². The van der Waals surface area contributed by atoms with E-state index in [4.69, 9.17) is 0 Å². The number of aryl methyl sites for hydroxylation is 2. The third-order valence-corrected chi connectivity index (χ3v) is 5.99. The molecule has 1 aliphatic rings. The Morgan fingerprint density at radius 2 is 2.00 bits per heavy atom. The third-order valence-electron chi connectivity index (χ3n) is 4.99. The molecule has 0 bridgehead atoms. The van der Waals surface area contributed by atoms with Crippen molar-refractivity contribution < 1.29 is 9.90 Å². The van der Waals surface area contributed by atoms with E-state index in [1.165, 1.54) is 16.9 Å². The first-order valence-corrected chi connectivity index (χ1v) is 9.87. The molecule has 0 aliphatic carbocycles. The highest BCUT2D eigenvalue weighted by molar-refractivity contribution is 7.13. The second-order valence-electron chi connectivity index (χ2n) is 6.75. The lowest BCUT2D eigenvalue weighted by atomic mass is 9.88. The number of aliphatic hydroxyl groups is 1. The van der Waals surface area contributed by atoms with Gasteiger partial charge in [-0.05, 0) is 44.1 Å². The van der Waals surface area contributed by atoms with Gasteiger partial charge in [-0.15, -0.1) is 11.3 Å². The zero-order chi connectivity index (χ0) is 17.8. The summed E-state index contributed by atoms with van der Waals surface area (Å²) in [7, 11) is 0. The normalized spacial score (nSPS) is 16.8. The number of amides is 1. The summed E-state index contributed by atoms with van der Waals surface area (Å²) in [6.07, 6.45) is 2.86. The summed E-state index contributed by atoms with van der Waals surface area (Å²) in [5.74, 6) is 0.372. The first-order valence-electron chi connectivity index (χ1n) is 9.06. The number of likely N-dealkylation sites (tertiary alicyclic amines) is 1. The fourth-order valence-corrected chi connectivity index (χ4v) is 4.51. The van der Waals surface area contributed by atoms with Crippen LogP contribution in [0.1, 0.15) is 45.7 Å². The van der Waals surface area contributed by atoms with Gasteiger partial charge in [0.1, 0.15) is 4.88 Å². The summed E-state index contributed by atoms with van der Waals surface area (Å²) in [5, 5.41) is 11.5. The van der Waals surface area contributed by atoms with Crippen LogP contribution in [0.25, 0.3) is 0 Å². The standard InChI is InChI=1S/C20H26N2O2S/c1-3-17-19(25-14(2)21-17)20(24)22-11-9-16(10-12-22)18(23)13-15-7-5-4-6-8-15/h4-8,16,18,23H,3,9-13H2,1-2H3. The van der Waals surface area contributed by atoms with Crippen molar-refractivity contribution in [3.8, 4) is 0 Å². The maximum atomic E-state index is 12.8. The topological polar surface area (TPSA) is 53.4 Å². The summed E-state index contributed by atoms with van der Waals surface area (Å²) in [5.41, 5.74) is 2.08. The molecule has 5 heteroatoms. The molecule has 1 saturated heterocycles. The number of piperidine rings is 1. The van der Waals surface area contributed by atoms with Crippen molar-refractivity contribution in [2.24, 2.45) is 5.92 Å². The van der Waals surface area contributed by atoms with Crippen molar-refractivity contribution in [1.82, 2.24) is 9.88 Å². The van der Waals surface area contributed by atoms with Gasteiger partial charge < -0.3 is 10.0 Å². The zero-order valence-corrected chi connectivity index (χ0v) is 15.8. The lowest BCUT2D eigenvalue weighted by Gasteiger charge is -2.34. The zero-order valence-electron chi connectivity index (χ0n) is 14.9. The number of carbonyl (C=O) groups excluding carboxylic acids is 1. The Labute approximate surface area is 153 Å². The Morgan fingerprint density at radius 1 is 1.32 bits per heavy atom. The van der Waals surface area contributed by atoms with Crippen LogP contribution in [0, 0.1) is 12.8 Å². The minimum atomic E-state index is -0.337. The van der Waals surface area contributed by atoms with Crippen LogP contribution in [-0.4, -0.2) is 40.1 Å². The highest BCUT2D eigenvalue weighted by Crippen LogP contribution is 2.26. The van der Waals surface area contributed by atoms with Gasteiger partial charge in [0.05, 0.1) is 16.8 Å². The summed E-state index contributed by atoms with van der Waals surface area (Å²) >= 11 is 1.50. The van der Waals surface area contributed by atoms with Crippen LogP contribution >= 0.6 is 11.3 Å². The van der Waals surface area contributed by atoms with Crippen molar-refractivity contribution in [2.45, 2.75) is 45.6 Å². The van der Waals surface area contributed by atoms with Crippen LogP contribution in [0.4, 0.5) is 0 Å². The van der Waals surface area contributed by atoms with Gasteiger partial charge in [0.25, 0.3) is 5.91 Å². The number of hydrogen-bond donors (Lipinski definition) is 1. The van der Waals surface area contributed by atoms with Gasteiger partial charge in [-0.3, -0.25) is 4.79 Å². The van der Waals surface area contributed by atoms with Crippen LogP contribution in [-0.2, 0) is 12.8 Å². The van der Waals surface area contributed by atoms with Crippen molar-refractivity contribution in [1.29, 1.82) is 0 Å². The summed E-state index contributed by atoms with van der Waals surface area (Å²) in [6.45, 7) is 5.43. The van der Waals surface area contributed by atoms with Crippen LogP contribution < -0.4 is 0 Å². The van der Waals surface area contributed by atoms with E-state index in [9.17, 15) is 9.90 Å². The Morgan fingerprint density at radius 3 is 2.64 bits per heavy atom. The highest BCUT2D eigenvalue weighted by atomic mass is 32.1. The molecule has 3 rings (SSSR count). The molecule has 1 amide bonds. The molecular weight excluding hydrogens is 332 g/mol. The van der Waals surface area contributed by atoms with E-state index in [0.717, 1.165) is 47.9 Å². The molecule has 0 radical (unpaired) electrons. The molecule has 0 saturated carbocycles. The number of thiazole rings is 1. The summed E-state index contributed by atoms with van der Waals surface area (Å²) in [6, 6.07) is 10.1. The number of benzene rings is 1. The summed E-state index contributed by atoms with van der Waals surface area (Å²) < 4.78 is 0. The number of aromatic nitrogens is 1. The molecule has 0 spiro atoms. The monoisotopic (exact) mass is 358 g/mol. The van der Waals surface area contributed by atoms with Gasteiger partial charge in [-0.1, -0.05) is 37.3 Å². The molecule has 1 unspecified atom stereocenters. The van der Waals surface area contributed by atoms with E-state index >= 15 is 0 Å². The number of hydrogen-bond acceptors (Lipinski definition) is 4. The van der Waals surface area contributed by atoms with E-state index in [0.29, 0.717) is 6.42 Å². The second kappa shape index (κ2) is 8.11. The number of nitrogens with zero attached hydrogens (tertiary/aromatic N) is 2. The minimum Gasteiger partial charge on any atom is -0.392 e. The van der Waals surface area contributed by atoms with Crippen molar-refractivity contribution in [3.05, 3.63) is 51.5 Å². The lowest BCUT2D eigenvalue weighted by molar-refractivity contribution is 0.0469. The predicted octanol–water partition coefficient (Wildman–Crippen LogP) is 3.47.